The Labute approximate surface area is 109 Å². The van der Waals surface area contributed by atoms with Gasteiger partial charge in [-0.15, -0.1) is 0 Å². The molecule has 2 nitrogen and oxygen atoms in total. The molecule has 0 saturated carbocycles. The molecule has 0 heterocycles. The summed E-state index contributed by atoms with van der Waals surface area (Å²) in [6, 6.07) is 11.8. The summed E-state index contributed by atoms with van der Waals surface area (Å²) in [5.41, 5.74) is 1.72. The molecule has 2 heteroatoms. The van der Waals surface area contributed by atoms with Crippen LogP contribution in [0.15, 0.2) is 36.4 Å². The van der Waals surface area contributed by atoms with Crippen LogP contribution in [0.25, 0.3) is 10.8 Å². The van der Waals surface area contributed by atoms with Gasteiger partial charge in [-0.1, -0.05) is 44.2 Å². The van der Waals surface area contributed by atoms with Gasteiger partial charge in [0.1, 0.15) is 0 Å². The van der Waals surface area contributed by atoms with E-state index in [9.17, 15) is 4.79 Å². The van der Waals surface area contributed by atoms with Gasteiger partial charge in [0.15, 0.2) is 0 Å². The Morgan fingerprint density at radius 1 is 1.17 bits per heavy atom. The second-order valence-electron chi connectivity index (χ2n) is 3.75. The largest absolute Gasteiger partial charge is 0.462 e. The van der Waals surface area contributed by atoms with Crippen LogP contribution in [-0.4, -0.2) is 12.6 Å². The van der Waals surface area contributed by atoms with Crippen molar-refractivity contribution < 1.29 is 9.53 Å². The maximum Gasteiger partial charge on any atom is 0.338 e. The van der Waals surface area contributed by atoms with Crippen LogP contribution in [0.3, 0.4) is 0 Å². The third-order valence-electron chi connectivity index (χ3n) is 2.50. The molecular weight excluding hydrogens is 224 g/mol. The Morgan fingerprint density at radius 2 is 1.83 bits per heavy atom. The van der Waals surface area contributed by atoms with Crippen LogP contribution in [0.4, 0.5) is 0 Å². The summed E-state index contributed by atoms with van der Waals surface area (Å²) in [5.74, 6) is -0.248. The molecule has 2 aromatic rings. The smallest absolute Gasteiger partial charge is 0.338 e. The van der Waals surface area contributed by atoms with Crippen LogP contribution >= 0.6 is 0 Å². The lowest BCUT2D eigenvalue weighted by atomic mass is 10.0. The van der Waals surface area contributed by atoms with E-state index in [0.717, 1.165) is 16.3 Å². The molecule has 0 spiro atoms. The van der Waals surface area contributed by atoms with Gasteiger partial charge in [0.2, 0.25) is 0 Å². The predicted octanol–water partition coefficient (Wildman–Crippen LogP) is 4.35. The van der Waals surface area contributed by atoms with Crippen molar-refractivity contribution in [2.45, 2.75) is 27.7 Å². The number of ether oxygens (including phenoxy) is 1. The molecule has 0 bridgehead atoms. The number of esters is 1. The highest BCUT2D eigenvalue weighted by atomic mass is 16.5. The molecule has 0 fully saturated rings. The van der Waals surface area contributed by atoms with Crippen LogP contribution in [-0.2, 0) is 4.74 Å². The number of hydrogen-bond donors (Lipinski definition) is 0. The molecule has 0 aromatic heterocycles. The number of carbonyl (C=O) groups is 1. The second-order valence-corrected chi connectivity index (χ2v) is 3.75. The van der Waals surface area contributed by atoms with Gasteiger partial charge >= 0.3 is 5.97 Å². The summed E-state index contributed by atoms with van der Waals surface area (Å²) in [6.45, 7) is 8.20. The number of benzene rings is 2. The quantitative estimate of drug-likeness (QED) is 0.734. The van der Waals surface area contributed by atoms with Crippen LogP contribution in [0, 0.1) is 6.92 Å². The minimum Gasteiger partial charge on any atom is -0.462 e. The first kappa shape index (κ1) is 14.2. The fraction of sp³-hybridized carbons (Fsp3) is 0.312. The standard InChI is InChI=1S/C14H14O2.C2H6/c1-3-16-14(15)13-9-10(2)8-11-6-4-5-7-12(11)13;1-2/h4-9H,3H2,1-2H3;1-2H3. The Bertz CT molecular complexity index is 530. The Morgan fingerprint density at radius 3 is 2.50 bits per heavy atom. The predicted molar refractivity (Wildman–Crippen MR) is 76.0 cm³/mol. The molecule has 96 valence electrons. The molecule has 18 heavy (non-hydrogen) atoms. The average molecular weight is 244 g/mol. The third kappa shape index (κ3) is 3.10. The molecule has 0 amide bonds. The summed E-state index contributed by atoms with van der Waals surface area (Å²) in [7, 11) is 0. The van der Waals surface area contributed by atoms with E-state index >= 15 is 0 Å². The number of hydrogen-bond acceptors (Lipinski definition) is 2. The highest BCUT2D eigenvalue weighted by Gasteiger charge is 2.11. The van der Waals surface area contributed by atoms with Crippen LogP contribution in [0.2, 0.25) is 0 Å². The Hall–Kier alpha value is -1.83. The average Bonchev–Trinajstić information content (AvgIpc) is 2.40. The van der Waals surface area contributed by atoms with Crippen molar-refractivity contribution in [3.8, 4) is 0 Å². The maximum absolute atomic E-state index is 11.8. The molecule has 0 aliphatic heterocycles. The highest BCUT2D eigenvalue weighted by Crippen LogP contribution is 2.21. The zero-order valence-corrected chi connectivity index (χ0v) is 11.5. The summed E-state index contributed by atoms with van der Waals surface area (Å²) in [5, 5.41) is 2.03. The van der Waals surface area contributed by atoms with Crippen molar-refractivity contribution in [2.75, 3.05) is 6.61 Å². The van der Waals surface area contributed by atoms with Gasteiger partial charge in [0, 0.05) is 0 Å². The molecular formula is C16H20O2. The molecule has 0 N–H and O–H groups in total. The van der Waals surface area contributed by atoms with Gasteiger partial charge in [-0.2, -0.15) is 0 Å². The molecule has 2 aromatic carbocycles. The molecule has 0 aliphatic rings. The van der Waals surface area contributed by atoms with E-state index in [4.69, 9.17) is 4.74 Å². The summed E-state index contributed by atoms with van der Waals surface area (Å²) >= 11 is 0. The van der Waals surface area contributed by atoms with E-state index in [1.165, 1.54) is 0 Å². The van der Waals surface area contributed by atoms with Crippen molar-refractivity contribution in [3.63, 3.8) is 0 Å². The van der Waals surface area contributed by atoms with E-state index in [0.29, 0.717) is 12.2 Å². The Balaban J connectivity index is 0.000000771. The lowest BCUT2D eigenvalue weighted by molar-refractivity contribution is 0.0528. The molecule has 2 rings (SSSR count). The van der Waals surface area contributed by atoms with Crippen LogP contribution in [0.5, 0.6) is 0 Å². The van der Waals surface area contributed by atoms with Gasteiger partial charge < -0.3 is 4.74 Å². The molecule has 0 aliphatic carbocycles. The van der Waals surface area contributed by atoms with E-state index in [-0.39, 0.29) is 5.97 Å². The highest BCUT2D eigenvalue weighted by molar-refractivity contribution is 6.04. The maximum atomic E-state index is 11.8. The van der Waals surface area contributed by atoms with E-state index in [2.05, 4.69) is 6.07 Å². The molecule has 0 unspecified atom stereocenters. The summed E-state index contributed by atoms with van der Waals surface area (Å²) < 4.78 is 5.05. The number of aryl methyl sites for hydroxylation is 1. The van der Waals surface area contributed by atoms with E-state index in [1.807, 2.05) is 58.0 Å². The first-order chi connectivity index (χ1) is 8.72. The fourth-order valence-corrected chi connectivity index (χ4v) is 1.84. The van der Waals surface area contributed by atoms with Crippen molar-refractivity contribution in [1.82, 2.24) is 0 Å². The van der Waals surface area contributed by atoms with E-state index < -0.39 is 0 Å². The summed E-state index contributed by atoms with van der Waals surface area (Å²) in [6.07, 6.45) is 0. The van der Waals surface area contributed by atoms with Crippen molar-refractivity contribution in [3.05, 3.63) is 47.5 Å². The van der Waals surface area contributed by atoms with E-state index in [1.54, 1.807) is 0 Å². The summed E-state index contributed by atoms with van der Waals surface area (Å²) in [4.78, 5) is 11.8. The van der Waals surface area contributed by atoms with Gasteiger partial charge in [-0.3, -0.25) is 0 Å². The van der Waals surface area contributed by atoms with Gasteiger partial charge in [-0.25, -0.2) is 4.79 Å². The van der Waals surface area contributed by atoms with Crippen LogP contribution < -0.4 is 0 Å². The van der Waals surface area contributed by atoms with Crippen molar-refractivity contribution in [2.24, 2.45) is 0 Å². The van der Waals surface area contributed by atoms with Crippen molar-refractivity contribution >= 4 is 16.7 Å². The SMILES string of the molecule is CC.CCOC(=O)c1cc(C)cc2ccccc12. The zero-order chi connectivity index (χ0) is 13.5. The second kappa shape index (κ2) is 6.80. The molecule has 0 radical (unpaired) electrons. The normalized spacial score (nSPS) is 9.56. The minimum atomic E-state index is -0.248. The monoisotopic (exact) mass is 244 g/mol. The molecule has 0 saturated heterocycles. The van der Waals surface area contributed by atoms with Gasteiger partial charge in [0.05, 0.1) is 12.2 Å². The third-order valence-corrected chi connectivity index (χ3v) is 2.50. The van der Waals surface area contributed by atoms with Gasteiger partial charge in [-0.05, 0) is 36.2 Å². The Kier molecular flexibility index (Phi) is 5.37. The first-order valence-corrected chi connectivity index (χ1v) is 6.39. The minimum absolute atomic E-state index is 0.248. The van der Waals surface area contributed by atoms with Crippen molar-refractivity contribution in [1.29, 1.82) is 0 Å². The number of rotatable bonds is 2. The number of fused-ring (bicyclic) bond motifs is 1. The number of carbonyl (C=O) groups excluding carboxylic acids is 1. The topological polar surface area (TPSA) is 26.3 Å². The fourth-order valence-electron chi connectivity index (χ4n) is 1.84. The zero-order valence-electron chi connectivity index (χ0n) is 11.5. The first-order valence-electron chi connectivity index (χ1n) is 6.39. The van der Waals surface area contributed by atoms with Crippen LogP contribution in [0.1, 0.15) is 36.7 Å². The van der Waals surface area contributed by atoms with Gasteiger partial charge in [0.25, 0.3) is 0 Å². The lowest BCUT2D eigenvalue weighted by Gasteiger charge is -2.07. The molecule has 0 atom stereocenters. The lowest BCUT2D eigenvalue weighted by Crippen LogP contribution is -2.05.